The normalized spacial score (nSPS) is 22.6. The van der Waals surface area contributed by atoms with Crippen molar-refractivity contribution in [2.45, 2.75) is 30.6 Å². The summed E-state index contributed by atoms with van der Waals surface area (Å²) in [6.45, 7) is 2.58. The predicted octanol–water partition coefficient (Wildman–Crippen LogP) is 3.27. The number of halogens is 2. The van der Waals surface area contributed by atoms with Crippen LogP contribution in [0.5, 0.6) is 0 Å². The van der Waals surface area contributed by atoms with Crippen LogP contribution in [0.4, 0.5) is 4.39 Å². The van der Waals surface area contributed by atoms with Crippen LogP contribution in [0, 0.1) is 5.82 Å². The molecule has 17 heavy (non-hydrogen) atoms. The first-order valence-corrected chi connectivity index (χ1v) is 6.72. The summed E-state index contributed by atoms with van der Waals surface area (Å²) < 4.78 is 13.7. The zero-order chi connectivity index (χ0) is 12.4. The molecule has 0 saturated carbocycles. The number of hydrogen-bond donors (Lipinski definition) is 0. The van der Waals surface area contributed by atoms with Gasteiger partial charge >= 0.3 is 0 Å². The van der Waals surface area contributed by atoms with Gasteiger partial charge in [-0.1, -0.05) is 34.1 Å². The molecule has 4 heteroatoms. The molecule has 0 N–H and O–H groups in total. The lowest BCUT2D eigenvalue weighted by Gasteiger charge is -2.35. The van der Waals surface area contributed by atoms with Gasteiger partial charge in [0.1, 0.15) is 5.82 Å². The molecule has 1 heterocycles. The first kappa shape index (κ1) is 12.6. The van der Waals surface area contributed by atoms with E-state index in [9.17, 15) is 9.18 Å². The van der Waals surface area contributed by atoms with Gasteiger partial charge in [0.25, 0.3) is 0 Å². The fourth-order valence-electron chi connectivity index (χ4n) is 2.22. The van der Waals surface area contributed by atoms with Crippen molar-refractivity contribution in [1.29, 1.82) is 0 Å². The second kappa shape index (κ2) is 5.17. The molecule has 2 rings (SSSR count). The zero-order valence-corrected chi connectivity index (χ0v) is 11.3. The van der Waals surface area contributed by atoms with Crippen molar-refractivity contribution in [2.24, 2.45) is 0 Å². The van der Waals surface area contributed by atoms with E-state index >= 15 is 0 Å². The van der Waals surface area contributed by atoms with Crippen LogP contribution in [0.2, 0.25) is 0 Å². The van der Waals surface area contributed by atoms with E-state index in [1.165, 1.54) is 6.07 Å². The van der Waals surface area contributed by atoms with Gasteiger partial charge in [-0.05, 0) is 25.8 Å². The quantitative estimate of drug-likeness (QED) is 0.768. The first-order valence-electron chi connectivity index (χ1n) is 5.80. The van der Waals surface area contributed by atoms with Crippen molar-refractivity contribution < 1.29 is 9.18 Å². The van der Waals surface area contributed by atoms with Gasteiger partial charge < -0.3 is 4.90 Å². The fraction of sp³-hybridized carbons (Fsp3) is 0.462. The van der Waals surface area contributed by atoms with Gasteiger partial charge in [-0.3, -0.25) is 4.79 Å². The second-order valence-electron chi connectivity index (χ2n) is 4.34. The Kier molecular flexibility index (Phi) is 3.82. The average molecular weight is 300 g/mol. The van der Waals surface area contributed by atoms with Gasteiger partial charge in [-0.15, -0.1) is 0 Å². The van der Waals surface area contributed by atoms with E-state index in [1.807, 2.05) is 6.92 Å². The van der Waals surface area contributed by atoms with Crippen molar-refractivity contribution >= 4 is 21.8 Å². The molecule has 92 valence electrons. The van der Waals surface area contributed by atoms with Crippen LogP contribution in [-0.4, -0.2) is 22.2 Å². The number of carbonyl (C=O) groups excluding carboxylic acids is 1. The van der Waals surface area contributed by atoms with Crippen molar-refractivity contribution in [3.05, 3.63) is 35.6 Å². The van der Waals surface area contributed by atoms with E-state index in [0.29, 0.717) is 12.1 Å². The summed E-state index contributed by atoms with van der Waals surface area (Å²) in [5, 5.41) is 0. The standard InChI is InChI=1S/C13H15BrFNO/c1-9(10-5-2-3-7-12(10)15)16-8-4-6-11(14)13(16)17/h2-3,5,7,9,11H,4,6,8H2,1H3. The highest BCUT2D eigenvalue weighted by Gasteiger charge is 2.31. The molecule has 0 aromatic heterocycles. The van der Waals surface area contributed by atoms with Gasteiger partial charge in [0.05, 0.1) is 10.9 Å². The Labute approximate surface area is 109 Å². The summed E-state index contributed by atoms with van der Waals surface area (Å²) in [5.41, 5.74) is 0.586. The lowest BCUT2D eigenvalue weighted by molar-refractivity contribution is -0.134. The Hall–Kier alpha value is -0.900. The summed E-state index contributed by atoms with van der Waals surface area (Å²) >= 11 is 3.37. The molecule has 1 aromatic carbocycles. The molecule has 0 spiro atoms. The third-order valence-corrected chi connectivity index (χ3v) is 4.08. The minimum absolute atomic E-state index is 0.0620. The number of hydrogen-bond acceptors (Lipinski definition) is 1. The lowest BCUT2D eigenvalue weighted by atomic mass is 10.0. The maximum Gasteiger partial charge on any atom is 0.236 e. The molecule has 1 aromatic rings. The van der Waals surface area contributed by atoms with Gasteiger partial charge in [0.15, 0.2) is 0 Å². The number of carbonyl (C=O) groups is 1. The van der Waals surface area contributed by atoms with E-state index in [-0.39, 0.29) is 22.6 Å². The van der Waals surface area contributed by atoms with Gasteiger partial charge in [-0.25, -0.2) is 4.39 Å². The van der Waals surface area contributed by atoms with Gasteiger partial charge in [-0.2, -0.15) is 0 Å². The number of amides is 1. The van der Waals surface area contributed by atoms with Crippen LogP contribution in [0.15, 0.2) is 24.3 Å². The summed E-state index contributed by atoms with van der Waals surface area (Å²) in [6, 6.07) is 6.44. The zero-order valence-electron chi connectivity index (χ0n) is 9.70. The molecule has 0 radical (unpaired) electrons. The summed E-state index contributed by atoms with van der Waals surface area (Å²) in [7, 11) is 0. The summed E-state index contributed by atoms with van der Waals surface area (Å²) in [4.78, 5) is 13.6. The fourth-order valence-corrected chi connectivity index (χ4v) is 2.81. The van der Waals surface area contributed by atoms with Crippen molar-refractivity contribution in [2.75, 3.05) is 6.54 Å². The Morgan fingerprint density at radius 1 is 1.47 bits per heavy atom. The smallest absolute Gasteiger partial charge is 0.236 e. The number of nitrogens with zero attached hydrogens (tertiary/aromatic N) is 1. The first-order chi connectivity index (χ1) is 8.11. The largest absolute Gasteiger partial charge is 0.335 e. The van der Waals surface area contributed by atoms with E-state index < -0.39 is 0 Å². The predicted molar refractivity (Wildman–Crippen MR) is 68.5 cm³/mol. The maximum atomic E-state index is 13.7. The molecule has 1 aliphatic rings. The molecule has 1 aliphatic heterocycles. The van der Waals surface area contributed by atoms with Gasteiger partial charge in [0.2, 0.25) is 5.91 Å². The number of piperidine rings is 1. The number of alkyl halides is 1. The van der Waals surface area contributed by atoms with Crippen LogP contribution in [0.25, 0.3) is 0 Å². The van der Waals surface area contributed by atoms with Crippen molar-refractivity contribution in [3.63, 3.8) is 0 Å². The van der Waals surface area contributed by atoms with Crippen LogP contribution < -0.4 is 0 Å². The Morgan fingerprint density at radius 2 is 2.18 bits per heavy atom. The topological polar surface area (TPSA) is 20.3 Å². The molecule has 1 fully saturated rings. The molecule has 1 amide bonds. The minimum Gasteiger partial charge on any atom is -0.335 e. The van der Waals surface area contributed by atoms with Crippen LogP contribution in [0.1, 0.15) is 31.4 Å². The van der Waals surface area contributed by atoms with E-state index in [2.05, 4.69) is 15.9 Å². The minimum atomic E-state index is -0.246. The molecule has 0 aliphatic carbocycles. The molecule has 2 atom stereocenters. The molecule has 0 bridgehead atoms. The summed E-state index contributed by atoms with van der Waals surface area (Å²) in [6.07, 6.45) is 1.82. The highest BCUT2D eigenvalue weighted by Crippen LogP contribution is 2.28. The average Bonchev–Trinajstić information content (AvgIpc) is 2.32. The Balaban J connectivity index is 2.22. The molecular weight excluding hydrogens is 285 g/mol. The van der Waals surface area contributed by atoms with Crippen molar-refractivity contribution in [1.82, 2.24) is 4.90 Å². The second-order valence-corrected chi connectivity index (χ2v) is 5.44. The van der Waals surface area contributed by atoms with E-state index in [4.69, 9.17) is 0 Å². The number of likely N-dealkylation sites (tertiary alicyclic amines) is 1. The van der Waals surface area contributed by atoms with E-state index in [1.54, 1.807) is 23.1 Å². The lowest BCUT2D eigenvalue weighted by Crippen LogP contribution is -2.43. The molecule has 2 unspecified atom stereocenters. The molecular formula is C13H15BrFNO. The highest BCUT2D eigenvalue weighted by atomic mass is 79.9. The van der Waals surface area contributed by atoms with E-state index in [0.717, 1.165) is 12.8 Å². The third kappa shape index (κ3) is 2.51. The molecule has 1 saturated heterocycles. The highest BCUT2D eigenvalue weighted by molar-refractivity contribution is 9.10. The van der Waals surface area contributed by atoms with Crippen molar-refractivity contribution in [3.8, 4) is 0 Å². The molecule has 2 nitrogen and oxygen atoms in total. The van der Waals surface area contributed by atoms with Crippen LogP contribution in [0.3, 0.4) is 0 Å². The van der Waals surface area contributed by atoms with Crippen LogP contribution in [-0.2, 0) is 4.79 Å². The van der Waals surface area contributed by atoms with Crippen LogP contribution >= 0.6 is 15.9 Å². The Morgan fingerprint density at radius 3 is 2.88 bits per heavy atom. The number of benzene rings is 1. The maximum absolute atomic E-state index is 13.7. The SMILES string of the molecule is CC(c1ccccc1F)N1CCCC(Br)C1=O. The third-order valence-electron chi connectivity index (χ3n) is 3.23. The summed E-state index contributed by atoms with van der Waals surface area (Å²) in [5.74, 6) is -0.184. The monoisotopic (exact) mass is 299 g/mol. The Bertz CT molecular complexity index is 424. The van der Waals surface area contributed by atoms with Gasteiger partial charge in [0, 0.05) is 12.1 Å². The number of rotatable bonds is 2.